The summed E-state index contributed by atoms with van der Waals surface area (Å²) < 4.78 is 7.43. The summed E-state index contributed by atoms with van der Waals surface area (Å²) in [6.45, 7) is 0. The van der Waals surface area contributed by atoms with Crippen molar-refractivity contribution in [3.63, 3.8) is 0 Å². The van der Waals surface area contributed by atoms with E-state index in [9.17, 15) is 10.5 Å². The Kier molecular flexibility index (Phi) is 4.46. The lowest BCUT2D eigenvalue weighted by Crippen LogP contribution is -2.21. The van der Waals surface area contributed by atoms with Gasteiger partial charge in [0.05, 0.1) is 23.3 Å². The summed E-state index contributed by atoms with van der Waals surface area (Å²) in [5.41, 5.74) is 7.42. The van der Waals surface area contributed by atoms with Gasteiger partial charge in [-0.15, -0.1) is 0 Å². The van der Waals surface area contributed by atoms with E-state index in [4.69, 9.17) is 33.7 Å². The Balaban J connectivity index is 2.34. The third kappa shape index (κ3) is 2.74. The molecule has 0 spiro atoms. The number of hydrogen-bond acceptors (Lipinski definition) is 4. The minimum atomic E-state index is -0.796. The van der Waals surface area contributed by atoms with E-state index < -0.39 is 5.92 Å². The molecule has 1 atom stereocenters. The minimum absolute atomic E-state index is 0.0707. The van der Waals surface area contributed by atoms with Crippen molar-refractivity contribution in [3.8, 4) is 12.1 Å². The third-order valence-corrected chi connectivity index (χ3v) is 4.66. The molecule has 124 valence electrons. The van der Waals surface area contributed by atoms with Crippen LogP contribution in [-0.2, 0) is 11.8 Å². The average molecular weight is 371 g/mol. The van der Waals surface area contributed by atoms with Gasteiger partial charge in [-0.2, -0.15) is 10.5 Å². The van der Waals surface area contributed by atoms with Crippen LogP contribution in [0.1, 0.15) is 17.2 Å². The van der Waals surface area contributed by atoms with Crippen LogP contribution in [-0.4, -0.2) is 4.57 Å². The van der Waals surface area contributed by atoms with E-state index >= 15 is 0 Å². The number of rotatable bonds is 2. The van der Waals surface area contributed by atoms with Crippen LogP contribution in [0.3, 0.4) is 0 Å². The van der Waals surface area contributed by atoms with Crippen LogP contribution in [0.4, 0.5) is 0 Å². The molecular weight excluding hydrogens is 359 g/mol. The molecule has 3 rings (SSSR count). The smallest absolute Gasteiger partial charge is 0.205 e. The van der Waals surface area contributed by atoms with Crippen LogP contribution in [0.15, 0.2) is 53.6 Å². The maximum atomic E-state index is 9.81. The number of aryl methyl sites for hydroxylation is 1. The summed E-state index contributed by atoms with van der Waals surface area (Å²) in [6.07, 6.45) is 1.82. The molecular formula is C18H12Cl2N4O. The maximum Gasteiger partial charge on any atom is 0.205 e. The van der Waals surface area contributed by atoms with Gasteiger partial charge in [-0.05, 0) is 24.3 Å². The Bertz CT molecular complexity index is 985. The van der Waals surface area contributed by atoms with Crippen molar-refractivity contribution in [2.24, 2.45) is 12.8 Å². The zero-order valence-electron chi connectivity index (χ0n) is 13.1. The monoisotopic (exact) mass is 370 g/mol. The molecule has 0 saturated heterocycles. The van der Waals surface area contributed by atoms with Crippen LogP contribution in [0.5, 0.6) is 0 Å². The fourth-order valence-electron chi connectivity index (χ4n) is 2.84. The van der Waals surface area contributed by atoms with Gasteiger partial charge in [-0.1, -0.05) is 29.3 Å². The van der Waals surface area contributed by atoms with Gasteiger partial charge in [0.25, 0.3) is 0 Å². The van der Waals surface area contributed by atoms with E-state index in [-0.39, 0.29) is 22.8 Å². The number of nitriles is 2. The second kappa shape index (κ2) is 6.57. The molecule has 2 N–H and O–H groups in total. The van der Waals surface area contributed by atoms with Gasteiger partial charge in [0, 0.05) is 28.9 Å². The number of hydrogen-bond donors (Lipinski definition) is 1. The predicted octanol–water partition coefficient (Wildman–Crippen LogP) is 4.07. The van der Waals surface area contributed by atoms with Gasteiger partial charge < -0.3 is 15.0 Å². The van der Waals surface area contributed by atoms with Crippen molar-refractivity contribution < 1.29 is 4.74 Å². The number of halogens is 2. The number of nitrogens with two attached hydrogens (primary N) is 1. The first kappa shape index (κ1) is 17.0. The number of aromatic nitrogens is 1. The van der Waals surface area contributed by atoms with Gasteiger partial charge in [-0.25, -0.2) is 0 Å². The SMILES string of the molecule is Cn1cccc1C1=C(C#N)[C@H](c2c(Cl)cccc2Cl)C(C#N)=C(N)O1. The molecule has 2 heterocycles. The van der Waals surface area contributed by atoms with Crippen molar-refractivity contribution in [1.82, 2.24) is 4.57 Å². The number of allylic oxidation sites excluding steroid dienone is 2. The van der Waals surface area contributed by atoms with Crippen molar-refractivity contribution in [2.75, 3.05) is 0 Å². The van der Waals surface area contributed by atoms with Crippen molar-refractivity contribution >= 4 is 29.0 Å². The molecule has 7 heteroatoms. The predicted molar refractivity (Wildman–Crippen MR) is 95.1 cm³/mol. The van der Waals surface area contributed by atoms with Gasteiger partial charge in [0.15, 0.2) is 5.76 Å². The van der Waals surface area contributed by atoms with Gasteiger partial charge >= 0.3 is 0 Å². The largest absolute Gasteiger partial charge is 0.437 e. The van der Waals surface area contributed by atoms with Crippen LogP contribution in [0.25, 0.3) is 5.76 Å². The Hall–Kier alpha value is -2.86. The molecule has 5 nitrogen and oxygen atoms in total. The first-order valence-electron chi connectivity index (χ1n) is 7.27. The summed E-state index contributed by atoms with van der Waals surface area (Å²) in [7, 11) is 1.82. The van der Waals surface area contributed by atoms with Gasteiger partial charge in [0.1, 0.15) is 11.6 Å². The Morgan fingerprint density at radius 2 is 1.72 bits per heavy atom. The molecule has 0 fully saturated rings. The van der Waals surface area contributed by atoms with Gasteiger partial charge in [0.2, 0.25) is 5.88 Å². The zero-order chi connectivity index (χ0) is 18.1. The first-order chi connectivity index (χ1) is 12.0. The lowest BCUT2D eigenvalue weighted by Gasteiger charge is -2.27. The summed E-state index contributed by atoms with van der Waals surface area (Å²) in [5, 5.41) is 20.1. The number of benzene rings is 1. The highest BCUT2D eigenvalue weighted by Crippen LogP contribution is 2.46. The van der Waals surface area contributed by atoms with Crippen LogP contribution in [0, 0.1) is 22.7 Å². The topological polar surface area (TPSA) is 87.8 Å². The second-order valence-corrected chi connectivity index (χ2v) is 6.23. The van der Waals surface area contributed by atoms with E-state index in [2.05, 4.69) is 6.07 Å². The molecule has 0 saturated carbocycles. The summed E-state index contributed by atoms with van der Waals surface area (Å²) in [4.78, 5) is 0. The molecule has 0 radical (unpaired) electrons. The van der Waals surface area contributed by atoms with E-state index in [1.807, 2.05) is 25.4 Å². The van der Waals surface area contributed by atoms with E-state index in [1.54, 1.807) is 28.8 Å². The fraction of sp³-hybridized carbons (Fsp3) is 0.111. The molecule has 0 amide bonds. The minimum Gasteiger partial charge on any atom is -0.437 e. The molecule has 1 aliphatic rings. The normalized spacial score (nSPS) is 17.1. The van der Waals surface area contributed by atoms with E-state index in [0.717, 1.165) is 0 Å². The highest BCUT2D eigenvalue weighted by Gasteiger charge is 2.36. The molecule has 2 aromatic rings. The second-order valence-electron chi connectivity index (χ2n) is 5.42. The highest BCUT2D eigenvalue weighted by molar-refractivity contribution is 6.36. The van der Waals surface area contributed by atoms with Crippen LogP contribution >= 0.6 is 23.2 Å². The fourth-order valence-corrected chi connectivity index (χ4v) is 3.45. The Morgan fingerprint density at radius 3 is 2.24 bits per heavy atom. The lowest BCUT2D eigenvalue weighted by molar-refractivity contribution is 0.354. The number of nitrogens with zero attached hydrogens (tertiary/aromatic N) is 3. The van der Waals surface area contributed by atoms with Crippen molar-refractivity contribution in [3.05, 3.63) is 74.9 Å². The molecule has 0 bridgehead atoms. The van der Waals surface area contributed by atoms with Crippen LogP contribution < -0.4 is 5.73 Å². The summed E-state index contributed by atoms with van der Waals surface area (Å²) >= 11 is 12.6. The average Bonchev–Trinajstić information content (AvgIpc) is 3.00. The molecule has 0 unspecified atom stereocenters. The zero-order valence-corrected chi connectivity index (χ0v) is 14.6. The quantitative estimate of drug-likeness (QED) is 0.862. The Labute approximate surface area is 154 Å². The van der Waals surface area contributed by atoms with Crippen molar-refractivity contribution in [2.45, 2.75) is 5.92 Å². The third-order valence-electron chi connectivity index (χ3n) is 4.01. The molecule has 1 aromatic heterocycles. The Morgan fingerprint density at radius 1 is 1.08 bits per heavy atom. The highest BCUT2D eigenvalue weighted by atomic mass is 35.5. The standard InChI is InChI=1S/C18H12Cl2N4O/c1-24-7-3-6-14(24)17-10(8-21)15(11(9-22)18(23)25-17)16-12(19)4-2-5-13(16)20/h2-7,15H,23H2,1H3/t15-/m0/s1. The van der Waals surface area contributed by atoms with E-state index in [1.165, 1.54) is 0 Å². The molecule has 25 heavy (non-hydrogen) atoms. The molecule has 0 aliphatic carbocycles. The van der Waals surface area contributed by atoms with Crippen LogP contribution in [0.2, 0.25) is 10.0 Å². The first-order valence-corrected chi connectivity index (χ1v) is 8.02. The number of ether oxygens (including phenoxy) is 1. The summed E-state index contributed by atoms with van der Waals surface area (Å²) in [6, 6.07) is 12.8. The van der Waals surface area contributed by atoms with E-state index in [0.29, 0.717) is 21.3 Å². The van der Waals surface area contributed by atoms with Crippen molar-refractivity contribution in [1.29, 1.82) is 10.5 Å². The molecule has 1 aromatic carbocycles. The van der Waals surface area contributed by atoms with Gasteiger partial charge in [-0.3, -0.25) is 0 Å². The molecule has 1 aliphatic heterocycles. The lowest BCUT2D eigenvalue weighted by atomic mass is 9.83. The maximum absolute atomic E-state index is 9.81. The summed E-state index contributed by atoms with van der Waals surface area (Å²) in [5.74, 6) is -0.582.